The van der Waals surface area contributed by atoms with E-state index in [2.05, 4.69) is 32.0 Å². The average molecular weight is 235 g/mol. The van der Waals surface area contributed by atoms with Gasteiger partial charge in [-0.15, -0.1) is 0 Å². The van der Waals surface area contributed by atoms with Crippen LogP contribution in [0.15, 0.2) is 18.2 Å². The van der Waals surface area contributed by atoms with Gasteiger partial charge in [0, 0.05) is 0 Å². The molecule has 17 heavy (non-hydrogen) atoms. The lowest BCUT2D eigenvalue weighted by Gasteiger charge is -2.10. The summed E-state index contributed by atoms with van der Waals surface area (Å²) in [7, 11) is 0. The van der Waals surface area contributed by atoms with E-state index in [9.17, 15) is 0 Å². The van der Waals surface area contributed by atoms with Crippen molar-refractivity contribution in [3.63, 3.8) is 0 Å². The summed E-state index contributed by atoms with van der Waals surface area (Å²) < 4.78 is 5.78. The second kappa shape index (κ2) is 8.13. The lowest BCUT2D eigenvalue weighted by molar-refractivity contribution is 0.303. The number of hydrogen-bond acceptors (Lipinski definition) is 2. The molecule has 0 aliphatic rings. The molecule has 0 saturated heterocycles. The Morgan fingerprint density at radius 3 is 2.65 bits per heavy atom. The number of benzene rings is 1. The predicted octanol–water partition coefficient (Wildman–Crippen LogP) is 3.46. The van der Waals surface area contributed by atoms with E-state index in [0.29, 0.717) is 0 Å². The van der Waals surface area contributed by atoms with Crippen molar-refractivity contribution in [2.75, 3.05) is 13.2 Å². The van der Waals surface area contributed by atoms with Gasteiger partial charge in [0.05, 0.1) is 6.61 Å². The fourth-order valence-corrected chi connectivity index (χ4v) is 1.92. The van der Waals surface area contributed by atoms with Crippen LogP contribution >= 0.6 is 0 Å². The second-order valence-electron chi connectivity index (χ2n) is 4.55. The Morgan fingerprint density at radius 2 is 2.00 bits per heavy atom. The summed E-state index contributed by atoms with van der Waals surface area (Å²) >= 11 is 0. The van der Waals surface area contributed by atoms with Crippen LogP contribution in [0.3, 0.4) is 0 Å². The first-order valence-corrected chi connectivity index (χ1v) is 6.70. The van der Waals surface area contributed by atoms with Crippen molar-refractivity contribution >= 4 is 0 Å². The fourth-order valence-electron chi connectivity index (χ4n) is 1.92. The molecule has 0 aliphatic heterocycles. The van der Waals surface area contributed by atoms with Crippen LogP contribution < -0.4 is 10.5 Å². The topological polar surface area (TPSA) is 35.2 Å². The Morgan fingerprint density at radius 1 is 1.18 bits per heavy atom. The minimum atomic E-state index is 0.782. The number of nitrogens with two attached hydrogens (primary N) is 1. The molecule has 2 N–H and O–H groups in total. The van der Waals surface area contributed by atoms with E-state index in [4.69, 9.17) is 10.5 Å². The van der Waals surface area contributed by atoms with Crippen molar-refractivity contribution in [1.82, 2.24) is 0 Å². The summed E-state index contributed by atoms with van der Waals surface area (Å²) in [4.78, 5) is 0. The van der Waals surface area contributed by atoms with Gasteiger partial charge >= 0.3 is 0 Å². The second-order valence-corrected chi connectivity index (χ2v) is 4.55. The van der Waals surface area contributed by atoms with E-state index in [1.807, 2.05) is 0 Å². The maximum absolute atomic E-state index is 5.78. The summed E-state index contributed by atoms with van der Waals surface area (Å²) in [5, 5.41) is 0. The maximum Gasteiger partial charge on any atom is 0.122 e. The monoisotopic (exact) mass is 235 g/mol. The highest BCUT2D eigenvalue weighted by molar-refractivity contribution is 5.36. The van der Waals surface area contributed by atoms with Crippen LogP contribution in [-0.4, -0.2) is 13.2 Å². The number of hydrogen-bond donors (Lipinski definition) is 1. The van der Waals surface area contributed by atoms with E-state index >= 15 is 0 Å². The molecule has 1 aromatic rings. The Labute approximate surface area is 105 Å². The first-order valence-electron chi connectivity index (χ1n) is 6.70. The SMILES string of the molecule is CCCc1ccc(OCCCCCN)c(C)c1. The molecule has 0 fully saturated rings. The van der Waals surface area contributed by atoms with Crippen molar-refractivity contribution in [3.8, 4) is 5.75 Å². The predicted molar refractivity (Wildman–Crippen MR) is 73.6 cm³/mol. The van der Waals surface area contributed by atoms with E-state index < -0.39 is 0 Å². The molecule has 0 spiro atoms. The summed E-state index contributed by atoms with van der Waals surface area (Å²) in [6, 6.07) is 6.51. The van der Waals surface area contributed by atoms with Crippen LogP contribution in [0.1, 0.15) is 43.7 Å². The zero-order valence-electron chi connectivity index (χ0n) is 11.2. The third kappa shape index (κ3) is 5.22. The number of ether oxygens (including phenoxy) is 1. The highest BCUT2D eigenvalue weighted by Gasteiger charge is 2.00. The van der Waals surface area contributed by atoms with Crippen molar-refractivity contribution in [2.24, 2.45) is 5.73 Å². The molecule has 0 radical (unpaired) electrons. The molecule has 2 nitrogen and oxygen atoms in total. The van der Waals surface area contributed by atoms with Gasteiger partial charge in [-0.25, -0.2) is 0 Å². The summed E-state index contributed by atoms with van der Waals surface area (Å²) in [6.45, 7) is 5.91. The van der Waals surface area contributed by atoms with Crippen LogP contribution in [0, 0.1) is 6.92 Å². The largest absolute Gasteiger partial charge is 0.493 e. The van der Waals surface area contributed by atoms with Gasteiger partial charge in [0.1, 0.15) is 5.75 Å². The van der Waals surface area contributed by atoms with Crippen molar-refractivity contribution in [2.45, 2.75) is 46.0 Å². The van der Waals surface area contributed by atoms with Crippen LogP contribution in [0.2, 0.25) is 0 Å². The lowest BCUT2D eigenvalue weighted by atomic mass is 10.1. The molecule has 0 unspecified atom stereocenters. The van der Waals surface area contributed by atoms with Gasteiger partial charge in [0.2, 0.25) is 0 Å². The van der Waals surface area contributed by atoms with Gasteiger partial charge in [-0.3, -0.25) is 0 Å². The van der Waals surface area contributed by atoms with Crippen molar-refractivity contribution in [1.29, 1.82) is 0 Å². The summed E-state index contributed by atoms with van der Waals surface area (Å²) in [6.07, 6.45) is 5.69. The molecule has 1 aromatic carbocycles. The minimum absolute atomic E-state index is 0.782. The van der Waals surface area contributed by atoms with Gasteiger partial charge in [0.15, 0.2) is 0 Å². The van der Waals surface area contributed by atoms with Crippen LogP contribution in [0.5, 0.6) is 5.75 Å². The smallest absolute Gasteiger partial charge is 0.122 e. The number of rotatable bonds is 8. The zero-order chi connectivity index (χ0) is 12.5. The molecule has 1 rings (SSSR count). The maximum atomic E-state index is 5.78. The average Bonchev–Trinajstić information content (AvgIpc) is 2.32. The van der Waals surface area contributed by atoms with E-state index in [1.165, 1.54) is 17.5 Å². The molecule has 0 aliphatic carbocycles. The normalized spacial score (nSPS) is 10.5. The Bertz CT molecular complexity index is 323. The van der Waals surface area contributed by atoms with Crippen molar-refractivity contribution < 1.29 is 4.74 Å². The molecule has 96 valence electrons. The molecule has 0 heterocycles. The fraction of sp³-hybridized carbons (Fsp3) is 0.600. The van der Waals surface area contributed by atoms with Gasteiger partial charge in [0.25, 0.3) is 0 Å². The number of aryl methyl sites for hydroxylation is 2. The van der Waals surface area contributed by atoms with Gasteiger partial charge < -0.3 is 10.5 Å². The summed E-state index contributed by atoms with van der Waals surface area (Å²) in [5.74, 6) is 1.03. The Kier molecular flexibility index (Phi) is 6.71. The molecule has 0 amide bonds. The van der Waals surface area contributed by atoms with Crippen LogP contribution in [0.4, 0.5) is 0 Å². The highest BCUT2D eigenvalue weighted by Crippen LogP contribution is 2.20. The molecular weight excluding hydrogens is 210 g/mol. The van der Waals surface area contributed by atoms with Gasteiger partial charge in [-0.05, 0) is 56.3 Å². The van der Waals surface area contributed by atoms with Crippen molar-refractivity contribution in [3.05, 3.63) is 29.3 Å². The van der Waals surface area contributed by atoms with Crippen LogP contribution in [0.25, 0.3) is 0 Å². The molecule has 0 bridgehead atoms. The zero-order valence-corrected chi connectivity index (χ0v) is 11.2. The Balaban J connectivity index is 2.38. The van der Waals surface area contributed by atoms with E-state index in [1.54, 1.807) is 0 Å². The molecule has 0 saturated carbocycles. The molecule has 2 heteroatoms. The van der Waals surface area contributed by atoms with Gasteiger partial charge in [-0.2, -0.15) is 0 Å². The first-order chi connectivity index (χ1) is 8.27. The molecular formula is C15H25NO. The lowest BCUT2D eigenvalue weighted by Crippen LogP contribution is -2.02. The number of unbranched alkanes of at least 4 members (excludes halogenated alkanes) is 2. The van der Waals surface area contributed by atoms with Gasteiger partial charge in [-0.1, -0.05) is 25.5 Å². The third-order valence-corrected chi connectivity index (χ3v) is 2.88. The van der Waals surface area contributed by atoms with E-state index in [0.717, 1.165) is 44.6 Å². The minimum Gasteiger partial charge on any atom is -0.493 e. The molecule has 0 aromatic heterocycles. The quantitative estimate of drug-likeness (QED) is 0.700. The molecule has 0 atom stereocenters. The third-order valence-electron chi connectivity index (χ3n) is 2.88. The highest BCUT2D eigenvalue weighted by atomic mass is 16.5. The Hall–Kier alpha value is -1.02. The first kappa shape index (κ1) is 14.0. The van der Waals surface area contributed by atoms with E-state index in [-0.39, 0.29) is 0 Å². The van der Waals surface area contributed by atoms with Crippen LogP contribution in [-0.2, 0) is 6.42 Å². The summed E-state index contributed by atoms with van der Waals surface area (Å²) in [5.41, 5.74) is 8.10. The standard InChI is InChI=1S/C15H25NO/c1-3-7-14-8-9-15(13(2)12-14)17-11-6-4-5-10-16/h8-9,12H,3-7,10-11,16H2,1-2H3.